The number of carbonyl (C=O) groups excluding carboxylic acids is 1. The summed E-state index contributed by atoms with van der Waals surface area (Å²) in [6.07, 6.45) is 0.330. The Balaban J connectivity index is 1.88. The van der Waals surface area contributed by atoms with Gasteiger partial charge in [0.1, 0.15) is 0 Å². The number of aromatic nitrogens is 2. The highest BCUT2D eigenvalue weighted by atomic mass is 16.3. The van der Waals surface area contributed by atoms with E-state index in [1.54, 1.807) is 4.90 Å². The molecular weight excluding hydrogens is 354 g/mol. The third-order valence-corrected chi connectivity index (χ3v) is 5.91. The van der Waals surface area contributed by atoms with Gasteiger partial charge in [-0.3, -0.25) is 9.48 Å². The highest BCUT2D eigenvalue weighted by molar-refractivity contribution is 5.96. The summed E-state index contributed by atoms with van der Waals surface area (Å²) in [4.78, 5) is 15.1. The highest BCUT2D eigenvalue weighted by Crippen LogP contribution is 2.35. The first kappa shape index (κ1) is 20.6. The Morgan fingerprint density at radius 3 is 2.54 bits per heavy atom. The normalized spacial score (nSPS) is 22.7. The van der Waals surface area contributed by atoms with E-state index in [4.69, 9.17) is 0 Å². The molecule has 1 aromatic carbocycles. The van der Waals surface area contributed by atoms with E-state index in [1.165, 1.54) is 0 Å². The van der Waals surface area contributed by atoms with Gasteiger partial charge in [-0.05, 0) is 46.1 Å². The number of hydrogen-bond donors (Lipinski definition) is 2. The maximum absolute atomic E-state index is 13.3. The molecule has 6 nitrogen and oxygen atoms in total. The topological polar surface area (TPSA) is 78.6 Å². The lowest BCUT2D eigenvalue weighted by Crippen LogP contribution is -2.56. The second kappa shape index (κ2) is 8.05. The number of likely N-dealkylation sites (tertiary alicyclic amines) is 1. The summed E-state index contributed by atoms with van der Waals surface area (Å²) < 4.78 is 1.88. The van der Waals surface area contributed by atoms with E-state index < -0.39 is 11.5 Å². The Morgan fingerprint density at radius 1 is 1.29 bits per heavy atom. The number of aryl methyl sites for hydroxylation is 1. The number of hydrogen-bond acceptors (Lipinski definition) is 4. The largest absolute Gasteiger partial charge is 0.396 e. The SMILES string of the molecule is Cc1nn(C(C)C)c(C)c1C(=O)N1CC[C@@H](O)[C@@](CO)(Cc2ccccc2)C1. The molecule has 0 unspecified atom stereocenters. The van der Waals surface area contributed by atoms with Crippen LogP contribution in [0.1, 0.15) is 53.6 Å². The number of amides is 1. The summed E-state index contributed by atoms with van der Waals surface area (Å²) in [7, 11) is 0. The quantitative estimate of drug-likeness (QED) is 0.829. The van der Waals surface area contributed by atoms with Gasteiger partial charge in [0.25, 0.3) is 5.91 Å². The molecule has 0 bridgehead atoms. The molecular formula is C22H31N3O3. The molecule has 152 valence electrons. The Kier molecular flexibility index (Phi) is 5.91. The van der Waals surface area contributed by atoms with Crippen LogP contribution in [0.2, 0.25) is 0 Å². The third-order valence-electron chi connectivity index (χ3n) is 5.91. The zero-order valence-corrected chi connectivity index (χ0v) is 17.2. The molecule has 2 heterocycles. The van der Waals surface area contributed by atoms with Crippen LogP contribution in [-0.4, -0.2) is 56.6 Å². The lowest BCUT2D eigenvalue weighted by Gasteiger charge is -2.45. The van der Waals surface area contributed by atoms with E-state index in [2.05, 4.69) is 5.10 Å². The second-order valence-electron chi connectivity index (χ2n) is 8.30. The number of aliphatic hydroxyl groups is 2. The van der Waals surface area contributed by atoms with Crippen LogP contribution in [0.3, 0.4) is 0 Å². The Labute approximate surface area is 166 Å². The van der Waals surface area contributed by atoms with Crippen LogP contribution >= 0.6 is 0 Å². The third kappa shape index (κ3) is 3.71. The van der Waals surface area contributed by atoms with Gasteiger partial charge in [0.15, 0.2) is 0 Å². The smallest absolute Gasteiger partial charge is 0.257 e. The predicted molar refractivity (Wildman–Crippen MR) is 108 cm³/mol. The van der Waals surface area contributed by atoms with Gasteiger partial charge in [-0.1, -0.05) is 30.3 Å². The van der Waals surface area contributed by atoms with E-state index in [1.807, 2.05) is 62.7 Å². The monoisotopic (exact) mass is 385 g/mol. The average Bonchev–Trinajstić information content (AvgIpc) is 2.98. The fraction of sp³-hybridized carbons (Fsp3) is 0.545. The molecule has 2 N–H and O–H groups in total. The Bertz CT molecular complexity index is 831. The molecule has 0 radical (unpaired) electrons. The van der Waals surface area contributed by atoms with Gasteiger partial charge in [-0.15, -0.1) is 0 Å². The predicted octanol–water partition coefficient (Wildman–Crippen LogP) is 2.51. The van der Waals surface area contributed by atoms with Crippen molar-refractivity contribution < 1.29 is 15.0 Å². The first-order chi connectivity index (χ1) is 13.3. The Morgan fingerprint density at radius 2 is 1.96 bits per heavy atom. The van der Waals surface area contributed by atoms with Crippen LogP contribution in [0.15, 0.2) is 30.3 Å². The van der Waals surface area contributed by atoms with Crippen LogP contribution < -0.4 is 0 Å². The highest BCUT2D eigenvalue weighted by Gasteiger charge is 2.44. The summed E-state index contributed by atoms with van der Waals surface area (Å²) in [5.74, 6) is -0.0697. The molecule has 1 amide bonds. The first-order valence-corrected chi connectivity index (χ1v) is 9.97. The van der Waals surface area contributed by atoms with Crippen molar-refractivity contribution in [1.29, 1.82) is 0 Å². The van der Waals surface area contributed by atoms with Crippen LogP contribution in [0.5, 0.6) is 0 Å². The van der Waals surface area contributed by atoms with Crippen molar-refractivity contribution in [2.75, 3.05) is 19.7 Å². The summed E-state index contributed by atoms with van der Waals surface area (Å²) >= 11 is 0. The van der Waals surface area contributed by atoms with Crippen molar-refractivity contribution in [3.05, 3.63) is 52.8 Å². The van der Waals surface area contributed by atoms with Crippen molar-refractivity contribution in [2.24, 2.45) is 5.41 Å². The van der Waals surface area contributed by atoms with E-state index in [-0.39, 0.29) is 18.6 Å². The fourth-order valence-electron chi connectivity index (χ4n) is 4.34. The molecule has 28 heavy (non-hydrogen) atoms. The van der Waals surface area contributed by atoms with Gasteiger partial charge in [-0.2, -0.15) is 5.10 Å². The zero-order chi connectivity index (χ0) is 20.5. The van der Waals surface area contributed by atoms with Gasteiger partial charge in [0, 0.05) is 30.2 Å². The summed E-state index contributed by atoms with van der Waals surface area (Å²) in [6.45, 7) is 8.50. The molecule has 6 heteroatoms. The standard InChI is InChI=1S/C22H31N3O3/c1-15(2)25-17(4)20(16(3)23-25)21(28)24-11-10-19(27)22(13-24,14-26)12-18-8-6-5-7-9-18/h5-9,15,19,26-27H,10-14H2,1-4H3/t19-,22+/m1/s1. The molecule has 0 spiro atoms. The molecule has 2 aromatic rings. The second-order valence-corrected chi connectivity index (χ2v) is 8.30. The van der Waals surface area contributed by atoms with Crippen LogP contribution in [0.4, 0.5) is 0 Å². The van der Waals surface area contributed by atoms with E-state index in [0.717, 1.165) is 17.0 Å². The molecule has 0 saturated carbocycles. The molecule has 1 aromatic heterocycles. The van der Waals surface area contributed by atoms with Crippen LogP contribution in [0, 0.1) is 19.3 Å². The molecule has 1 saturated heterocycles. The number of rotatable bonds is 5. The van der Waals surface area contributed by atoms with Gasteiger partial charge in [0.05, 0.1) is 24.0 Å². The summed E-state index contributed by atoms with van der Waals surface area (Å²) in [5.41, 5.74) is 2.51. The molecule has 1 aliphatic rings. The van der Waals surface area contributed by atoms with Crippen molar-refractivity contribution >= 4 is 5.91 Å². The molecule has 2 atom stereocenters. The lowest BCUT2D eigenvalue weighted by molar-refractivity contribution is -0.0669. The molecule has 0 aliphatic carbocycles. The van der Waals surface area contributed by atoms with Crippen molar-refractivity contribution in [1.82, 2.24) is 14.7 Å². The molecule has 1 aliphatic heterocycles. The minimum atomic E-state index is -0.759. The Hall–Kier alpha value is -2.18. The number of benzene rings is 1. The van der Waals surface area contributed by atoms with E-state index >= 15 is 0 Å². The fourth-order valence-corrected chi connectivity index (χ4v) is 4.34. The van der Waals surface area contributed by atoms with Crippen molar-refractivity contribution in [3.8, 4) is 0 Å². The van der Waals surface area contributed by atoms with Crippen molar-refractivity contribution in [2.45, 2.75) is 52.7 Å². The van der Waals surface area contributed by atoms with Crippen LogP contribution in [-0.2, 0) is 6.42 Å². The van der Waals surface area contributed by atoms with Crippen molar-refractivity contribution in [3.63, 3.8) is 0 Å². The number of piperidine rings is 1. The summed E-state index contributed by atoms with van der Waals surface area (Å²) in [5, 5.41) is 25.5. The first-order valence-electron chi connectivity index (χ1n) is 9.97. The lowest BCUT2D eigenvalue weighted by atomic mass is 9.73. The number of nitrogens with zero attached hydrogens (tertiary/aromatic N) is 3. The van der Waals surface area contributed by atoms with Gasteiger partial charge < -0.3 is 15.1 Å². The van der Waals surface area contributed by atoms with Crippen LogP contribution in [0.25, 0.3) is 0 Å². The maximum Gasteiger partial charge on any atom is 0.257 e. The van der Waals surface area contributed by atoms with Gasteiger partial charge in [-0.25, -0.2) is 0 Å². The number of carbonyl (C=O) groups is 1. The minimum Gasteiger partial charge on any atom is -0.396 e. The maximum atomic E-state index is 13.3. The van der Waals surface area contributed by atoms with Gasteiger partial charge in [0.2, 0.25) is 0 Å². The summed E-state index contributed by atoms with van der Waals surface area (Å²) in [6, 6.07) is 10.0. The average molecular weight is 386 g/mol. The van der Waals surface area contributed by atoms with E-state index in [9.17, 15) is 15.0 Å². The van der Waals surface area contributed by atoms with E-state index in [0.29, 0.717) is 31.5 Å². The number of aliphatic hydroxyl groups excluding tert-OH is 2. The molecule has 1 fully saturated rings. The van der Waals surface area contributed by atoms with Gasteiger partial charge >= 0.3 is 0 Å². The zero-order valence-electron chi connectivity index (χ0n) is 17.2. The minimum absolute atomic E-state index is 0.0697. The molecule has 3 rings (SSSR count).